The summed E-state index contributed by atoms with van der Waals surface area (Å²) >= 11 is 11.8. The van der Waals surface area contributed by atoms with Crippen LogP contribution in [0.25, 0.3) is 0 Å². The summed E-state index contributed by atoms with van der Waals surface area (Å²) in [6, 6.07) is 8.99. The van der Waals surface area contributed by atoms with Crippen molar-refractivity contribution in [3.05, 3.63) is 58.3 Å². The van der Waals surface area contributed by atoms with Gasteiger partial charge >= 0.3 is 0 Å². The third kappa shape index (κ3) is 4.51. The van der Waals surface area contributed by atoms with Gasteiger partial charge in [0, 0.05) is 27.9 Å². The standard InChI is InChI=1S/C15H14Cl2N2O/c1-11-2-5-19(6-3-11)7-4-15(20)18-14-9-12(16)8-13(17)10-14/h2-3,5-6,8-10H,4,7H2,1H3/p+1. The number of carbonyl (C=O) groups is 1. The zero-order valence-corrected chi connectivity index (χ0v) is 12.6. The van der Waals surface area contributed by atoms with E-state index in [4.69, 9.17) is 23.2 Å². The fourth-order valence-electron chi connectivity index (χ4n) is 1.76. The third-order valence-corrected chi connectivity index (χ3v) is 3.24. The molecule has 0 unspecified atom stereocenters. The number of aromatic nitrogens is 1. The molecule has 104 valence electrons. The summed E-state index contributed by atoms with van der Waals surface area (Å²) < 4.78 is 1.97. The molecule has 0 saturated carbocycles. The number of nitrogens with one attached hydrogen (secondary N) is 1. The molecule has 0 radical (unpaired) electrons. The first-order valence-electron chi connectivity index (χ1n) is 6.24. The molecule has 0 atom stereocenters. The van der Waals surface area contributed by atoms with Crippen LogP contribution in [0.4, 0.5) is 5.69 Å². The number of anilines is 1. The first kappa shape index (κ1) is 14.8. The van der Waals surface area contributed by atoms with E-state index >= 15 is 0 Å². The van der Waals surface area contributed by atoms with Gasteiger partial charge in [0.2, 0.25) is 5.91 Å². The van der Waals surface area contributed by atoms with Crippen LogP contribution in [0, 0.1) is 6.92 Å². The quantitative estimate of drug-likeness (QED) is 0.860. The van der Waals surface area contributed by atoms with E-state index < -0.39 is 0 Å². The van der Waals surface area contributed by atoms with Gasteiger partial charge in [-0.25, -0.2) is 4.57 Å². The number of hydrogen-bond acceptors (Lipinski definition) is 1. The summed E-state index contributed by atoms with van der Waals surface area (Å²) in [7, 11) is 0. The van der Waals surface area contributed by atoms with Gasteiger partial charge in [-0.2, -0.15) is 0 Å². The number of rotatable bonds is 4. The summed E-state index contributed by atoms with van der Waals surface area (Å²) in [5, 5.41) is 3.79. The maximum atomic E-state index is 11.9. The van der Waals surface area contributed by atoms with Crippen molar-refractivity contribution in [1.29, 1.82) is 0 Å². The minimum absolute atomic E-state index is 0.0728. The van der Waals surface area contributed by atoms with Crippen molar-refractivity contribution in [3.8, 4) is 0 Å². The molecule has 20 heavy (non-hydrogen) atoms. The van der Waals surface area contributed by atoms with Gasteiger partial charge in [-0.05, 0) is 30.7 Å². The summed E-state index contributed by atoms with van der Waals surface area (Å²) in [6.45, 7) is 2.65. The summed E-state index contributed by atoms with van der Waals surface area (Å²) in [5.41, 5.74) is 1.81. The van der Waals surface area contributed by atoms with E-state index in [0.717, 1.165) is 0 Å². The Labute approximate surface area is 128 Å². The second kappa shape index (κ2) is 6.73. The predicted octanol–water partition coefficient (Wildman–Crippen LogP) is 3.62. The Balaban J connectivity index is 1.90. The largest absolute Gasteiger partial charge is 0.326 e. The van der Waals surface area contributed by atoms with Crippen molar-refractivity contribution < 1.29 is 9.36 Å². The van der Waals surface area contributed by atoms with Gasteiger partial charge in [-0.15, -0.1) is 0 Å². The Morgan fingerprint density at radius 1 is 1.15 bits per heavy atom. The molecule has 1 amide bonds. The van der Waals surface area contributed by atoms with Crippen LogP contribution >= 0.6 is 23.2 Å². The smallest absolute Gasteiger partial charge is 0.230 e. The lowest BCUT2D eigenvalue weighted by Crippen LogP contribution is -2.34. The van der Waals surface area contributed by atoms with Crippen LogP contribution in [-0.4, -0.2) is 5.91 Å². The molecule has 0 spiro atoms. The molecular weight excluding hydrogens is 295 g/mol. The van der Waals surface area contributed by atoms with Crippen LogP contribution < -0.4 is 9.88 Å². The topological polar surface area (TPSA) is 33.0 Å². The number of nitrogens with zero attached hydrogens (tertiary/aromatic N) is 1. The Kier molecular flexibility index (Phi) is 4.99. The fraction of sp³-hybridized carbons (Fsp3) is 0.200. The molecule has 2 rings (SSSR count). The van der Waals surface area contributed by atoms with E-state index in [1.807, 2.05) is 36.0 Å². The monoisotopic (exact) mass is 309 g/mol. The maximum absolute atomic E-state index is 11.9. The fourth-order valence-corrected chi connectivity index (χ4v) is 2.29. The molecular formula is C15H15Cl2N2O+. The summed E-state index contributed by atoms with van der Waals surface area (Å²) in [6.07, 6.45) is 4.30. The number of hydrogen-bond donors (Lipinski definition) is 1. The summed E-state index contributed by atoms with van der Waals surface area (Å²) in [5.74, 6) is -0.0728. The highest BCUT2D eigenvalue weighted by atomic mass is 35.5. The second-order valence-corrected chi connectivity index (χ2v) is 5.44. The molecule has 0 saturated heterocycles. The molecule has 1 aromatic heterocycles. The van der Waals surface area contributed by atoms with E-state index in [-0.39, 0.29) is 5.91 Å². The highest BCUT2D eigenvalue weighted by Gasteiger charge is 2.08. The van der Waals surface area contributed by atoms with Crippen molar-refractivity contribution in [2.75, 3.05) is 5.32 Å². The van der Waals surface area contributed by atoms with Gasteiger partial charge in [0.15, 0.2) is 18.9 Å². The van der Waals surface area contributed by atoms with Crippen LogP contribution in [0.1, 0.15) is 12.0 Å². The minimum atomic E-state index is -0.0728. The van der Waals surface area contributed by atoms with Crippen LogP contribution in [-0.2, 0) is 11.3 Å². The van der Waals surface area contributed by atoms with Crippen molar-refractivity contribution in [2.45, 2.75) is 19.9 Å². The molecule has 5 heteroatoms. The Morgan fingerprint density at radius 2 is 1.75 bits per heavy atom. The number of carbonyl (C=O) groups excluding carboxylic acids is 1. The average Bonchev–Trinajstić information content (AvgIpc) is 2.37. The molecule has 0 bridgehead atoms. The molecule has 1 heterocycles. The molecule has 0 aliphatic heterocycles. The number of halogens is 2. The van der Waals surface area contributed by atoms with Crippen molar-refractivity contribution in [3.63, 3.8) is 0 Å². The second-order valence-electron chi connectivity index (χ2n) is 4.57. The van der Waals surface area contributed by atoms with Crippen molar-refractivity contribution in [1.82, 2.24) is 0 Å². The minimum Gasteiger partial charge on any atom is -0.326 e. The molecule has 0 aliphatic rings. The highest BCUT2D eigenvalue weighted by Crippen LogP contribution is 2.22. The third-order valence-electron chi connectivity index (χ3n) is 2.80. The van der Waals surface area contributed by atoms with E-state index in [1.54, 1.807) is 18.2 Å². The number of amides is 1. The van der Waals surface area contributed by atoms with Gasteiger partial charge < -0.3 is 5.32 Å². The Hall–Kier alpha value is -1.58. The lowest BCUT2D eigenvalue weighted by atomic mass is 10.3. The molecule has 2 aromatic rings. The Bertz CT molecular complexity index is 592. The average molecular weight is 310 g/mol. The van der Waals surface area contributed by atoms with E-state index in [1.165, 1.54) is 5.56 Å². The zero-order valence-electron chi connectivity index (χ0n) is 11.1. The lowest BCUT2D eigenvalue weighted by Gasteiger charge is -2.05. The molecule has 0 fully saturated rings. The predicted molar refractivity (Wildman–Crippen MR) is 81.1 cm³/mol. The van der Waals surface area contributed by atoms with Crippen molar-refractivity contribution in [2.24, 2.45) is 0 Å². The van der Waals surface area contributed by atoms with Gasteiger partial charge in [-0.1, -0.05) is 23.2 Å². The Morgan fingerprint density at radius 3 is 2.35 bits per heavy atom. The zero-order chi connectivity index (χ0) is 14.5. The van der Waals surface area contributed by atoms with E-state index in [2.05, 4.69) is 5.32 Å². The lowest BCUT2D eigenvalue weighted by molar-refractivity contribution is -0.695. The highest BCUT2D eigenvalue weighted by molar-refractivity contribution is 6.35. The van der Waals surface area contributed by atoms with Crippen LogP contribution in [0.5, 0.6) is 0 Å². The number of aryl methyl sites for hydroxylation is 2. The SMILES string of the molecule is Cc1cc[n+](CCC(=O)Nc2cc(Cl)cc(Cl)c2)cc1. The van der Waals surface area contributed by atoms with Gasteiger partial charge in [0.25, 0.3) is 0 Å². The van der Waals surface area contributed by atoms with Crippen LogP contribution in [0.3, 0.4) is 0 Å². The first-order valence-corrected chi connectivity index (χ1v) is 7.00. The van der Waals surface area contributed by atoms with Crippen molar-refractivity contribution >= 4 is 34.8 Å². The maximum Gasteiger partial charge on any atom is 0.230 e. The van der Waals surface area contributed by atoms with E-state index in [9.17, 15) is 4.79 Å². The molecule has 0 aliphatic carbocycles. The number of benzene rings is 1. The van der Waals surface area contributed by atoms with Crippen LogP contribution in [0.15, 0.2) is 42.7 Å². The molecule has 1 aromatic carbocycles. The van der Waals surface area contributed by atoms with Gasteiger partial charge in [0.05, 0.1) is 6.42 Å². The number of pyridine rings is 1. The van der Waals surface area contributed by atoms with Gasteiger partial charge in [-0.3, -0.25) is 4.79 Å². The van der Waals surface area contributed by atoms with Crippen LogP contribution in [0.2, 0.25) is 10.0 Å². The van der Waals surface area contributed by atoms with E-state index in [0.29, 0.717) is 28.7 Å². The summed E-state index contributed by atoms with van der Waals surface area (Å²) in [4.78, 5) is 11.9. The van der Waals surface area contributed by atoms with Gasteiger partial charge in [0.1, 0.15) is 0 Å². The normalized spacial score (nSPS) is 10.3. The first-order chi connectivity index (χ1) is 9.52. The molecule has 3 nitrogen and oxygen atoms in total. The molecule has 1 N–H and O–H groups in total.